The molecule has 1 unspecified atom stereocenters. The Morgan fingerprint density at radius 2 is 2.00 bits per heavy atom. The zero-order valence-corrected chi connectivity index (χ0v) is 16.0. The van der Waals surface area contributed by atoms with Crippen molar-refractivity contribution < 1.29 is 14.3 Å². The van der Waals surface area contributed by atoms with Crippen LogP contribution in [0.3, 0.4) is 0 Å². The summed E-state index contributed by atoms with van der Waals surface area (Å²) in [6, 6.07) is 7.92. The van der Waals surface area contributed by atoms with E-state index >= 15 is 0 Å². The summed E-state index contributed by atoms with van der Waals surface area (Å²) < 4.78 is 6.96. The Labute approximate surface area is 154 Å². The van der Waals surface area contributed by atoms with E-state index in [1.807, 2.05) is 39.0 Å². The van der Waals surface area contributed by atoms with Crippen molar-refractivity contribution in [2.75, 3.05) is 6.54 Å². The topological polar surface area (TPSA) is 86.4 Å². The predicted octanol–water partition coefficient (Wildman–Crippen LogP) is 3.42. The Balaban J connectivity index is 1.96. The minimum atomic E-state index is -0.525. The van der Waals surface area contributed by atoms with Crippen LogP contribution >= 0.6 is 0 Å². The third-order valence-corrected chi connectivity index (χ3v) is 4.05. The molecule has 3 N–H and O–H groups in total. The molecule has 1 heterocycles. The number of hydrogen-bond donors (Lipinski definition) is 2. The Morgan fingerprint density at radius 3 is 2.65 bits per heavy atom. The van der Waals surface area contributed by atoms with Gasteiger partial charge in [-0.3, -0.25) is 9.36 Å². The molecule has 0 aliphatic rings. The van der Waals surface area contributed by atoms with Gasteiger partial charge in [0.05, 0.1) is 5.52 Å². The van der Waals surface area contributed by atoms with Crippen LogP contribution in [-0.2, 0) is 16.1 Å². The first-order chi connectivity index (χ1) is 12.2. The van der Waals surface area contributed by atoms with Crippen molar-refractivity contribution in [3.8, 4) is 0 Å². The monoisotopic (exact) mass is 359 g/mol. The van der Waals surface area contributed by atoms with Gasteiger partial charge in [-0.15, -0.1) is 0 Å². The molecule has 0 aliphatic carbocycles. The average Bonchev–Trinajstić information content (AvgIpc) is 2.94. The molecule has 2 rings (SSSR count). The fourth-order valence-corrected chi connectivity index (χ4v) is 2.73. The molecule has 0 saturated carbocycles. The van der Waals surface area contributed by atoms with Crippen LogP contribution in [0, 0.1) is 5.92 Å². The van der Waals surface area contributed by atoms with Gasteiger partial charge in [-0.2, -0.15) is 0 Å². The quantitative estimate of drug-likeness (QED) is 0.793. The van der Waals surface area contributed by atoms with Crippen molar-refractivity contribution in [2.45, 2.75) is 52.7 Å². The van der Waals surface area contributed by atoms with Gasteiger partial charge in [0, 0.05) is 24.5 Å². The van der Waals surface area contributed by atoms with E-state index in [-0.39, 0.29) is 12.0 Å². The van der Waals surface area contributed by atoms with Crippen LogP contribution in [0.25, 0.3) is 10.9 Å². The van der Waals surface area contributed by atoms with E-state index < -0.39 is 5.60 Å². The Bertz CT molecular complexity index is 774. The summed E-state index contributed by atoms with van der Waals surface area (Å²) in [5.41, 5.74) is 6.62. The van der Waals surface area contributed by atoms with Gasteiger partial charge in [-0.05, 0) is 63.4 Å². The number of nitrogens with zero attached hydrogens (tertiary/aromatic N) is 1. The summed E-state index contributed by atoms with van der Waals surface area (Å²) >= 11 is 0. The summed E-state index contributed by atoms with van der Waals surface area (Å²) in [4.78, 5) is 23.1. The molecular weight excluding hydrogens is 330 g/mol. The lowest BCUT2D eigenvalue weighted by molar-refractivity contribution is -0.118. The van der Waals surface area contributed by atoms with Gasteiger partial charge in [0.2, 0.25) is 5.91 Å². The van der Waals surface area contributed by atoms with Gasteiger partial charge in [-0.25, -0.2) is 4.79 Å². The lowest BCUT2D eigenvalue weighted by Crippen LogP contribution is -2.26. The zero-order valence-electron chi connectivity index (χ0n) is 16.0. The molecule has 6 nitrogen and oxygen atoms in total. The predicted molar refractivity (Wildman–Crippen MR) is 103 cm³/mol. The fourth-order valence-electron chi connectivity index (χ4n) is 2.73. The SMILES string of the molecule is CC(CCC(N)=O)CNCc1ccc2c(ccn2C(=O)OC(C)(C)C)c1. The number of aromatic nitrogens is 1. The second-order valence-electron chi connectivity index (χ2n) is 7.80. The van der Waals surface area contributed by atoms with Crippen LogP contribution in [0.1, 0.15) is 46.1 Å². The molecule has 0 bridgehead atoms. The van der Waals surface area contributed by atoms with E-state index in [4.69, 9.17) is 10.5 Å². The molecule has 1 aromatic carbocycles. The van der Waals surface area contributed by atoms with Crippen LogP contribution in [0.2, 0.25) is 0 Å². The number of carbonyl (C=O) groups excluding carboxylic acids is 2. The number of carbonyl (C=O) groups is 2. The van der Waals surface area contributed by atoms with Gasteiger partial charge >= 0.3 is 6.09 Å². The van der Waals surface area contributed by atoms with Crippen LogP contribution in [0.4, 0.5) is 4.79 Å². The fraction of sp³-hybridized carbons (Fsp3) is 0.500. The smallest absolute Gasteiger partial charge is 0.418 e. The lowest BCUT2D eigenvalue weighted by Gasteiger charge is -2.19. The molecule has 1 amide bonds. The first-order valence-corrected chi connectivity index (χ1v) is 8.98. The minimum absolute atomic E-state index is 0.253. The summed E-state index contributed by atoms with van der Waals surface area (Å²) in [5.74, 6) is 0.135. The summed E-state index contributed by atoms with van der Waals surface area (Å²) in [5, 5.41) is 4.40. The number of nitrogens with two attached hydrogens (primary N) is 1. The summed E-state index contributed by atoms with van der Waals surface area (Å²) in [6.45, 7) is 9.21. The standard InChI is InChI=1S/C20H29N3O3/c1-14(5-8-18(21)24)12-22-13-15-6-7-17-16(11-15)9-10-23(17)19(25)26-20(2,3)4/h6-7,9-11,14,22H,5,8,12-13H2,1-4H3,(H2,21,24). The Kier molecular flexibility index (Phi) is 6.42. The molecule has 142 valence electrons. The summed E-state index contributed by atoms with van der Waals surface area (Å²) in [7, 11) is 0. The molecular formula is C20H29N3O3. The number of fused-ring (bicyclic) bond motifs is 1. The van der Waals surface area contributed by atoms with Crippen LogP contribution in [-0.4, -0.2) is 28.7 Å². The Hall–Kier alpha value is -2.34. The molecule has 0 fully saturated rings. The van der Waals surface area contributed by atoms with Gasteiger partial charge in [0.25, 0.3) is 0 Å². The number of hydrogen-bond acceptors (Lipinski definition) is 4. The van der Waals surface area contributed by atoms with Crippen LogP contribution in [0.5, 0.6) is 0 Å². The molecule has 1 atom stereocenters. The van der Waals surface area contributed by atoms with E-state index in [1.54, 1.807) is 6.20 Å². The highest BCUT2D eigenvalue weighted by molar-refractivity contribution is 5.89. The van der Waals surface area contributed by atoms with Crippen molar-refractivity contribution in [3.05, 3.63) is 36.0 Å². The normalized spacial score (nSPS) is 12.9. The molecule has 6 heteroatoms. The second-order valence-corrected chi connectivity index (χ2v) is 7.80. The second kappa shape index (κ2) is 8.36. The van der Waals surface area contributed by atoms with Gasteiger partial charge in [0.15, 0.2) is 0 Å². The highest BCUT2D eigenvalue weighted by Crippen LogP contribution is 2.20. The van der Waals surface area contributed by atoms with E-state index in [1.165, 1.54) is 4.57 Å². The van der Waals surface area contributed by atoms with E-state index in [2.05, 4.69) is 18.3 Å². The minimum Gasteiger partial charge on any atom is -0.443 e. The van der Waals surface area contributed by atoms with Gasteiger partial charge in [0.1, 0.15) is 5.60 Å². The first-order valence-electron chi connectivity index (χ1n) is 8.98. The molecule has 26 heavy (non-hydrogen) atoms. The van der Waals surface area contributed by atoms with Gasteiger partial charge < -0.3 is 15.8 Å². The third kappa shape index (κ3) is 5.88. The third-order valence-electron chi connectivity index (χ3n) is 4.05. The zero-order chi connectivity index (χ0) is 19.3. The highest BCUT2D eigenvalue weighted by atomic mass is 16.6. The van der Waals surface area contributed by atoms with E-state index in [0.717, 1.165) is 36.0 Å². The number of nitrogens with one attached hydrogen (secondary N) is 1. The van der Waals surface area contributed by atoms with E-state index in [9.17, 15) is 9.59 Å². The van der Waals surface area contributed by atoms with Crippen LogP contribution < -0.4 is 11.1 Å². The largest absolute Gasteiger partial charge is 0.443 e. The summed E-state index contributed by atoms with van der Waals surface area (Å²) in [6.07, 6.45) is 2.58. The molecule has 0 aliphatic heterocycles. The maximum atomic E-state index is 12.3. The molecule has 0 radical (unpaired) electrons. The van der Waals surface area contributed by atoms with Crippen molar-refractivity contribution >= 4 is 22.9 Å². The molecule has 1 aromatic heterocycles. The van der Waals surface area contributed by atoms with E-state index in [0.29, 0.717) is 12.3 Å². The Morgan fingerprint density at radius 1 is 1.27 bits per heavy atom. The maximum absolute atomic E-state index is 12.3. The van der Waals surface area contributed by atoms with Crippen molar-refractivity contribution in [1.29, 1.82) is 0 Å². The molecule has 0 saturated heterocycles. The number of ether oxygens (including phenoxy) is 1. The van der Waals surface area contributed by atoms with Crippen molar-refractivity contribution in [3.63, 3.8) is 0 Å². The highest BCUT2D eigenvalue weighted by Gasteiger charge is 2.19. The number of primary amides is 1. The number of amides is 1. The van der Waals surface area contributed by atoms with Crippen LogP contribution in [0.15, 0.2) is 30.5 Å². The van der Waals surface area contributed by atoms with Crippen molar-refractivity contribution in [1.82, 2.24) is 9.88 Å². The number of benzene rings is 1. The lowest BCUT2D eigenvalue weighted by atomic mass is 10.1. The molecule has 0 spiro atoms. The maximum Gasteiger partial charge on any atom is 0.418 e. The average molecular weight is 359 g/mol. The number of rotatable bonds is 7. The first kappa shape index (κ1) is 20.0. The van der Waals surface area contributed by atoms with Crippen molar-refractivity contribution in [2.24, 2.45) is 11.7 Å². The van der Waals surface area contributed by atoms with Gasteiger partial charge in [-0.1, -0.05) is 13.0 Å². The molecule has 2 aromatic rings.